The van der Waals surface area contributed by atoms with Gasteiger partial charge in [-0.05, 0) is 55.5 Å². The number of nitrogens with one attached hydrogen (secondary N) is 2. The smallest absolute Gasteiger partial charge is 0.328 e. The lowest BCUT2D eigenvalue weighted by molar-refractivity contribution is -0.138. The number of para-hydroxylation sites is 2. The Morgan fingerprint density at radius 1 is 0.946 bits per heavy atom. The number of imidazole rings is 1. The highest BCUT2D eigenvalue weighted by atomic mass is 16.4. The van der Waals surface area contributed by atoms with Gasteiger partial charge < -0.3 is 20.3 Å². The van der Waals surface area contributed by atoms with E-state index in [1.165, 1.54) is 0 Å². The van der Waals surface area contributed by atoms with Crippen LogP contribution >= 0.6 is 0 Å². The van der Waals surface area contributed by atoms with Crippen molar-refractivity contribution < 1.29 is 14.7 Å². The van der Waals surface area contributed by atoms with Crippen LogP contribution < -0.4 is 10.2 Å². The van der Waals surface area contributed by atoms with Gasteiger partial charge in [-0.15, -0.1) is 0 Å². The van der Waals surface area contributed by atoms with Crippen LogP contribution in [0.25, 0.3) is 22.6 Å². The second-order valence-electron chi connectivity index (χ2n) is 8.45. The van der Waals surface area contributed by atoms with E-state index < -0.39 is 17.9 Å². The molecule has 3 N–H and O–H groups in total. The molecule has 9 heteroatoms. The van der Waals surface area contributed by atoms with E-state index in [-0.39, 0.29) is 6.54 Å². The molecule has 0 unspecified atom stereocenters. The molecule has 0 saturated heterocycles. The summed E-state index contributed by atoms with van der Waals surface area (Å²) in [5.74, 6) is -0.445. The van der Waals surface area contributed by atoms with Crippen LogP contribution in [0.4, 0.5) is 11.4 Å². The van der Waals surface area contributed by atoms with Crippen molar-refractivity contribution in [3.05, 3.63) is 103 Å². The fraction of sp³-hybridized carbons (Fsp3) is 0.107. The fourth-order valence-corrected chi connectivity index (χ4v) is 4.05. The Balaban J connectivity index is 1.39. The number of fused-ring (bicyclic) bond motifs is 1. The van der Waals surface area contributed by atoms with E-state index in [1.54, 1.807) is 37.4 Å². The summed E-state index contributed by atoms with van der Waals surface area (Å²) in [7, 11) is 0. The van der Waals surface area contributed by atoms with Gasteiger partial charge in [0.1, 0.15) is 17.6 Å². The van der Waals surface area contributed by atoms with Crippen molar-refractivity contribution in [2.24, 2.45) is 0 Å². The van der Waals surface area contributed by atoms with Crippen molar-refractivity contribution in [3.63, 3.8) is 0 Å². The van der Waals surface area contributed by atoms with Crippen LogP contribution in [-0.2, 0) is 4.79 Å². The molecule has 0 aliphatic carbocycles. The van der Waals surface area contributed by atoms with Gasteiger partial charge in [0.05, 0.1) is 17.6 Å². The Morgan fingerprint density at radius 2 is 1.62 bits per heavy atom. The van der Waals surface area contributed by atoms with E-state index in [4.69, 9.17) is 0 Å². The highest BCUT2D eigenvalue weighted by Gasteiger charge is 2.25. The van der Waals surface area contributed by atoms with E-state index >= 15 is 0 Å². The first-order valence-electron chi connectivity index (χ1n) is 11.7. The number of benzene rings is 3. The first-order chi connectivity index (χ1) is 18.0. The Bertz CT molecular complexity index is 1510. The molecule has 5 aromatic rings. The maximum atomic E-state index is 13.1. The molecule has 184 valence electrons. The van der Waals surface area contributed by atoms with Gasteiger partial charge >= 0.3 is 5.97 Å². The van der Waals surface area contributed by atoms with E-state index in [0.29, 0.717) is 33.9 Å². The van der Waals surface area contributed by atoms with Gasteiger partial charge in [0.25, 0.3) is 5.91 Å². The van der Waals surface area contributed by atoms with Crippen molar-refractivity contribution in [2.45, 2.75) is 13.0 Å². The Labute approximate surface area is 212 Å². The highest BCUT2D eigenvalue weighted by Crippen LogP contribution is 2.25. The van der Waals surface area contributed by atoms with Crippen LogP contribution in [-0.4, -0.2) is 49.5 Å². The van der Waals surface area contributed by atoms with Gasteiger partial charge in [-0.25, -0.2) is 19.7 Å². The van der Waals surface area contributed by atoms with Crippen LogP contribution in [0.2, 0.25) is 0 Å². The van der Waals surface area contributed by atoms with Crippen LogP contribution in [0.1, 0.15) is 16.2 Å². The summed E-state index contributed by atoms with van der Waals surface area (Å²) in [5.41, 5.74) is 3.90. The molecule has 1 atom stereocenters. The summed E-state index contributed by atoms with van der Waals surface area (Å²) in [5, 5.41) is 12.6. The molecule has 0 aliphatic rings. The molecule has 1 amide bonds. The molecule has 2 aromatic heterocycles. The van der Waals surface area contributed by atoms with Crippen molar-refractivity contribution in [1.29, 1.82) is 0 Å². The Kier molecular flexibility index (Phi) is 6.58. The quantitative estimate of drug-likeness (QED) is 0.294. The van der Waals surface area contributed by atoms with Crippen LogP contribution in [0, 0.1) is 6.92 Å². The molecule has 37 heavy (non-hydrogen) atoms. The molecule has 0 radical (unpaired) electrons. The van der Waals surface area contributed by atoms with E-state index in [0.717, 1.165) is 11.4 Å². The molecule has 0 bridgehead atoms. The second kappa shape index (κ2) is 10.3. The topological polar surface area (TPSA) is 124 Å². The van der Waals surface area contributed by atoms with E-state index in [2.05, 4.69) is 25.3 Å². The molecule has 0 fully saturated rings. The number of aromatic nitrogens is 4. The average Bonchev–Trinajstić information content (AvgIpc) is 3.35. The first-order valence-corrected chi connectivity index (χ1v) is 11.7. The molecular weight excluding hydrogens is 468 g/mol. The number of carboxylic acids is 1. The summed E-state index contributed by atoms with van der Waals surface area (Å²) in [6.07, 6.45) is 1.66. The second-order valence-corrected chi connectivity index (χ2v) is 8.45. The Morgan fingerprint density at radius 3 is 2.24 bits per heavy atom. The number of aryl methyl sites for hydroxylation is 1. The minimum atomic E-state index is -1.16. The molecule has 5 rings (SSSR count). The molecule has 3 aromatic carbocycles. The van der Waals surface area contributed by atoms with Crippen molar-refractivity contribution in [3.8, 4) is 11.5 Å². The van der Waals surface area contributed by atoms with Crippen molar-refractivity contribution >= 4 is 34.3 Å². The number of aromatic amines is 1. The van der Waals surface area contributed by atoms with Gasteiger partial charge in [0, 0.05) is 23.1 Å². The normalized spacial score (nSPS) is 11.7. The summed E-state index contributed by atoms with van der Waals surface area (Å²) >= 11 is 0. The van der Waals surface area contributed by atoms with Crippen LogP contribution in [0.15, 0.2) is 91.1 Å². The number of carbonyl (C=O) groups excluding carboxylic acids is 1. The third kappa shape index (κ3) is 5.30. The summed E-state index contributed by atoms with van der Waals surface area (Å²) in [4.78, 5) is 43.4. The lowest BCUT2D eigenvalue weighted by Crippen LogP contribution is -2.47. The number of hydrogen-bond acceptors (Lipinski definition) is 6. The number of carbonyl (C=O) groups is 2. The SMILES string of the molecule is Cc1nccc(-c2nc3ccc(C(=O)N[C@@H](CN(c4ccccc4)c4ccccc4)C(=O)O)cc3[nH]2)n1. The third-order valence-corrected chi connectivity index (χ3v) is 5.87. The summed E-state index contributed by atoms with van der Waals surface area (Å²) in [6, 6.07) is 24.5. The van der Waals surface area contributed by atoms with Gasteiger partial charge in [-0.2, -0.15) is 0 Å². The monoisotopic (exact) mass is 492 g/mol. The third-order valence-electron chi connectivity index (χ3n) is 5.87. The van der Waals surface area contributed by atoms with Gasteiger partial charge in [-0.1, -0.05) is 36.4 Å². The molecule has 0 spiro atoms. The minimum Gasteiger partial charge on any atom is -0.480 e. The fourth-order valence-electron chi connectivity index (χ4n) is 4.05. The zero-order valence-electron chi connectivity index (χ0n) is 20.0. The largest absolute Gasteiger partial charge is 0.480 e. The van der Waals surface area contributed by atoms with Crippen LogP contribution in [0.3, 0.4) is 0 Å². The van der Waals surface area contributed by atoms with Gasteiger partial charge in [-0.3, -0.25) is 4.79 Å². The average molecular weight is 493 g/mol. The van der Waals surface area contributed by atoms with Gasteiger partial charge in [0.2, 0.25) is 0 Å². The number of nitrogens with zero attached hydrogens (tertiary/aromatic N) is 4. The standard InChI is InChI=1S/C28H24N6O3/c1-18-29-15-14-23(30-18)26-31-22-13-12-19(16-24(22)32-26)27(35)33-25(28(36)37)17-34(20-8-4-2-5-9-20)21-10-6-3-7-11-21/h2-16,25H,17H2,1H3,(H,31,32)(H,33,35)(H,36,37)/t25-/m0/s1. The highest BCUT2D eigenvalue weighted by molar-refractivity contribution is 5.99. The predicted molar refractivity (Wildman–Crippen MR) is 141 cm³/mol. The zero-order chi connectivity index (χ0) is 25.8. The number of H-pyrrole nitrogens is 1. The number of carboxylic acid groups (broad SMARTS) is 1. The number of anilines is 2. The first kappa shape index (κ1) is 23.7. The maximum Gasteiger partial charge on any atom is 0.328 e. The van der Waals surface area contributed by atoms with E-state index in [9.17, 15) is 14.7 Å². The van der Waals surface area contributed by atoms with Gasteiger partial charge in [0.15, 0.2) is 5.82 Å². The lowest BCUT2D eigenvalue weighted by Gasteiger charge is -2.28. The van der Waals surface area contributed by atoms with Crippen molar-refractivity contribution in [1.82, 2.24) is 25.3 Å². The Hall–Kier alpha value is -5.05. The zero-order valence-corrected chi connectivity index (χ0v) is 20.0. The summed E-state index contributed by atoms with van der Waals surface area (Å²) < 4.78 is 0. The molecule has 0 aliphatic heterocycles. The maximum absolute atomic E-state index is 13.1. The lowest BCUT2D eigenvalue weighted by atomic mass is 10.1. The molecular formula is C28H24N6O3. The summed E-state index contributed by atoms with van der Waals surface area (Å²) in [6.45, 7) is 1.84. The van der Waals surface area contributed by atoms with Crippen molar-refractivity contribution in [2.75, 3.05) is 11.4 Å². The molecule has 0 saturated carbocycles. The number of aliphatic carboxylic acids is 1. The van der Waals surface area contributed by atoms with E-state index in [1.807, 2.05) is 65.6 Å². The molecule has 2 heterocycles. The number of amides is 1. The number of hydrogen-bond donors (Lipinski definition) is 3. The minimum absolute atomic E-state index is 0.0403. The molecule has 9 nitrogen and oxygen atoms in total. The predicted octanol–water partition coefficient (Wildman–Crippen LogP) is 4.35. The number of rotatable bonds is 8. The van der Waals surface area contributed by atoms with Crippen LogP contribution in [0.5, 0.6) is 0 Å².